The van der Waals surface area contributed by atoms with E-state index in [0.717, 1.165) is 18.3 Å². The second-order valence-electron chi connectivity index (χ2n) is 5.34. The van der Waals surface area contributed by atoms with Crippen molar-refractivity contribution in [3.05, 3.63) is 36.5 Å². The number of halogens is 3. The minimum absolute atomic E-state index is 0.0640. The Balaban J connectivity index is 1.57. The highest BCUT2D eigenvalue weighted by atomic mass is 19.4. The molecule has 0 aliphatic carbocycles. The van der Waals surface area contributed by atoms with Crippen LogP contribution in [0.25, 0.3) is 0 Å². The van der Waals surface area contributed by atoms with Gasteiger partial charge in [0.25, 0.3) is 0 Å². The Kier molecular flexibility index (Phi) is 4.36. The summed E-state index contributed by atoms with van der Waals surface area (Å²) in [6.45, 7) is 0.830. The molecule has 1 atom stereocenters. The third kappa shape index (κ3) is 3.81. The van der Waals surface area contributed by atoms with Crippen LogP contribution in [0.15, 0.2) is 31.0 Å². The second-order valence-corrected chi connectivity index (χ2v) is 5.34. The smallest absolute Gasteiger partial charge is 0.416 e. The molecule has 7 nitrogen and oxygen atoms in total. The summed E-state index contributed by atoms with van der Waals surface area (Å²) in [6, 6.07) is 1.75. The van der Waals surface area contributed by atoms with Gasteiger partial charge in [0, 0.05) is 25.2 Å². The molecule has 2 aromatic heterocycles. The SMILES string of the molecule is O=C(Cn1cncn1)N1CCC(Oc2cc(C(F)(F)F)ccn2)C1. The molecule has 0 spiro atoms. The minimum atomic E-state index is -4.45. The molecule has 1 saturated heterocycles. The molecule has 0 N–H and O–H groups in total. The van der Waals surface area contributed by atoms with Gasteiger partial charge in [-0.2, -0.15) is 18.3 Å². The number of amides is 1. The van der Waals surface area contributed by atoms with E-state index in [-0.39, 0.29) is 24.4 Å². The van der Waals surface area contributed by atoms with E-state index in [1.54, 1.807) is 4.90 Å². The monoisotopic (exact) mass is 341 g/mol. The predicted octanol–water partition coefficient (Wildman–Crippen LogP) is 1.37. The zero-order valence-electron chi connectivity index (χ0n) is 12.5. The van der Waals surface area contributed by atoms with Crippen molar-refractivity contribution in [1.82, 2.24) is 24.6 Å². The van der Waals surface area contributed by atoms with Crippen LogP contribution in [0.3, 0.4) is 0 Å². The van der Waals surface area contributed by atoms with Crippen LogP contribution in [0.5, 0.6) is 5.88 Å². The Hall–Kier alpha value is -2.65. The molecule has 10 heteroatoms. The fourth-order valence-electron chi connectivity index (χ4n) is 2.42. The number of hydrogen-bond donors (Lipinski definition) is 0. The highest BCUT2D eigenvalue weighted by Gasteiger charge is 2.32. The van der Waals surface area contributed by atoms with Gasteiger partial charge in [-0.3, -0.25) is 4.79 Å². The van der Waals surface area contributed by atoms with Crippen molar-refractivity contribution in [1.29, 1.82) is 0 Å². The lowest BCUT2D eigenvalue weighted by Gasteiger charge is -2.17. The fraction of sp³-hybridized carbons (Fsp3) is 0.429. The molecule has 1 aliphatic rings. The van der Waals surface area contributed by atoms with Gasteiger partial charge in [-0.25, -0.2) is 14.6 Å². The number of likely N-dealkylation sites (tertiary alicyclic amines) is 1. The number of hydrogen-bond acceptors (Lipinski definition) is 5. The Morgan fingerprint density at radius 2 is 2.25 bits per heavy atom. The maximum absolute atomic E-state index is 12.7. The summed E-state index contributed by atoms with van der Waals surface area (Å²) in [7, 11) is 0. The molecule has 128 valence electrons. The lowest BCUT2D eigenvalue weighted by atomic mass is 10.2. The van der Waals surface area contributed by atoms with E-state index in [1.165, 1.54) is 17.3 Å². The minimum Gasteiger partial charge on any atom is -0.472 e. The lowest BCUT2D eigenvalue weighted by Crippen LogP contribution is -2.33. The van der Waals surface area contributed by atoms with Crippen LogP contribution < -0.4 is 4.74 Å². The number of aromatic nitrogens is 4. The first-order chi connectivity index (χ1) is 11.4. The number of carbonyl (C=O) groups excluding carboxylic acids is 1. The van der Waals surface area contributed by atoms with E-state index in [4.69, 9.17) is 4.74 Å². The Morgan fingerprint density at radius 1 is 1.42 bits per heavy atom. The number of rotatable bonds is 4. The normalized spacial score (nSPS) is 18.0. The quantitative estimate of drug-likeness (QED) is 0.840. The van der Waals surface area contributed by atoms with Crippen LogP contribution in [-0.2, 0) is 17.5 Å². The molecule has 1 amide bonds. The highest BCUT2D eigenvalue weighted by Crippen LogP contribution is 2.31. The van der Waals surface area contributed by atoms with E-state index in [9.17, 15) is 18.0 Å². The Labute approximate surface area is 135 Å². The molecule has 2 aromatic rings. The van der Waals surface area contributed by atoms with Gasteiger partial charge in [-0.15, -0.1) is 0 Å². The average Bonchev–Trinajstić information content (AvgIpc) is 3.18. The van der Waals surface area contributed by atoms with Crippen LogP contribution in [0.4, 0.5) is 13.2 Å². The van der Waals surface area contributed by atoms with E-state index in [2.05, 4.69) is 15.1 Å². The summed E-state index contributed by atoms with van der Waals surface area (Å²) in [5, 5.41) is 3.86. The van der Waals surface area contributed by atoms with Crippen LogP contribution in [0.1, 0.15) is 12.0 Å². The summed E-state index contributed by atoms with van der Waals surface area (Å²) in [6.07, 6.45) is -0.476. The van der Waals surface area contributed by atoms with Gasteiger partial charge >= 0.3 is 6.18 Å². The molecule has 0 radical (unpaired) electrons. The molecule has 0 saturated carbocycles. The first-order valence-corrected chi connectivity index (χ1v) is 7.22. The van der Waals surface area contributed by atoms with E-state index >= 15 is 0 Å². The Bertz CT molecular complexity index is 705. The topological polar surface area (TPSA) is 73.1 Å². The molecule has 0 aromatic carbocycles. The van der Waals surface area contributed by atoms with Gasteiger partial charge in [0.2, 0.25) is 11.8 Å². The summed E-state index contributed by atoms with van der Waals surface area (Å²) in [5.74, 6) is -0.246. The zero-order chi connectivity index (χ0) is 17.2. The van der Waals surface area contributed by atoms with Crippen molar-refractivity contribution in [2.45, 2.75) is 25.2 Å². The number of alkyl halides is 3. The van der Waals surface area contributed by atoms with Crippen LogP contribution in [0.2, 0.25) is 0 Å². The van der Waals surface area contributed by atoms with Gasteiger partial charge in [0.1, 0.15) is 25.3 Å². The maximum Gasteiger partial charge on any atom is 0.416 e. The van der Waals surface area contributed by atoms with Gasteiger partial charge in [-0.1, -0.05) is 0 Å². The molecular formula is C14H14F3N5O2. The molecule has 3 heterocycles. The van der Waals surface area contributed by atoms with Gasteiger partial charge in [0.05, 0.1) is 12.1 Å². The summed E-state index contributed by atoms with van der Waals surface area (Å²) in [4.78, 5) is 21.3. The molecule has 1 unspecified atom stereocenters. The zero-order valence-corrected chi connectivity index (χ0v) is 12.5. The number of carbonyl (C=O) groups is 1. The fourth-order valence-corrected chi connectivity index (χ4v) is 2.42. The van der Waals surface area contributed by atoms with E-state index in [1.807, 2.05) is 0 Å². The molecule has 0 bridgehead atoms. The molecule has 3 rings (SSSR count). The van der Waals surface area contributed by atoms with E-state index < -0.39 is 11.7 Å². The number of nitrogens with zero attached hydrogens (tertiary/aromatic N) is 5. The van der Waals surface area contributed by atoms with Crippen molar-refractivity contribution < 1.29 is 22.7 Å². The number of pyridine rings is 1. The van der Waals surface area contributed by atoms with Crippen LogP contribution in [0, 0.1) is 0 Å². The van der Waals surface area contributed by atoms with Crippen LogP contribution >= 0.6 is 0 Å². The van der Waals surface area contributed by atoms with Crippen molar-refractivity contribution in [2.24, 2.45) is 0 Å². The molecule has 1 fully saturated rings. The first-order valence-electron chi connectivity index (χ1n) is 7.22. The first kappa shape index (κ1) is 16.2. The third-order valence-corrected chi connectivity index (χ3v) is 3.61. The van der Waals surface area contributed by atoms with Gasteiger partial charge < -0.3 is 9.64 Å². The molecule has 1 aliphatic heterocycles. The lowest BCUT2D eigenvalue weighted by molar-refractivity contribution is -0.137. The van der Waals surface area contributed by atoms with Crippen molar-refractivity contribution in [3.63, 3.8) is 0 Å². The van der Waals surface area contributed by atoms with Gasteiger partial charge in [-0.05, 0) is 6.07 Å². The van der Waals surface area contributed by atoms with Crippen LogP contribution in [-0.4, -0.2) is 49.7 Å². The third-order valence-electron chi connectivity index (χ3n) is 3.61. The average molecular weight is 341 g/mol. The standard InChI is InChI=1S/C14H14F3N5O2/c15-14(16,17)10-1-3-19-12(5-10)24-11-2-4-21(6-11)13(23)7-22-9-18-8-20-22/h1,3,5,8-9,11H,2,4,6-7H2. The second kappa shape index (κ2) is 6.46. The van der Waals surface area contributed by atoms with Crippen molar-refractivity contribution >= 4 is 5.91 Å². The summed E-state index contributed by atoms with van der Waals surface area (Å²) < 4.78 is 44.9. The summed E-state index contributed by atoms with van der Waals surface area (Å²) in [5.41, 5.74) is -0.815. The van der Waals surface area contributed by atoms with E-state index in [0.29, 0.717) is 19.5 Å². The predicted molar refractivity (Wildman–Crippen MR) is 74.9 cm³/mol. The number of ether oxygens (including phenoxy) is 1. The summed E-state index contributed by atoms with van der Waals surface area (Å²) >= 11 is 0. The Morgan fingerprint density at radius 3 is 2.96 bits per heavy atom. The molecule has 24 heavy (non-hydrogen) atoms. The molecular weight excluding hydrogens is 327 g/mol. The van der Waals surface area contributed by atoms with Gasteiger partial charge in [0.15, 0.2) is 0 Å². The van der Waals surface area contributed by atoms with Crippen molar-refractivity contribution in [2.75, 3.05) is 13.1 Å². The van der Waals surface area contributed by atoms with Crippen molar-refractivity contribution in [3.8, 4) is 5.88 Å². The maximum atomic E-state index is 12.7. The largest absolute Gasteiger partial charge is 0.472 e. The highest BCUT2D eigenvalue weighted by molar-refractivity contribution is 5.76.